The zero-order chi connectivity index (χ0) is 39.1. The van der Waals surface area contributed by atoms with Crippen molar-refractivity contribution in [3.05, 3.63) is 94.6 Å². The van der Waals surface area contributed by atoms with Gasteiger partial charge in [0.25, 0.3) is 0 Å². The number of alkyl halides is 1. The van der Waals surface area contributed by atoms with Crippen LogP contribution in [0.15, 0.2) is 54.6 Å². The number of anilines is 2. The Hall–Kier alpha value is -3.09. The molecule has 2 heterocycles. The first-order chi connectivity index (χ1) is 25.1. The van der Waals surface area contributed by atoms with E-state index in [9.17, 15) is 22.0 Å². The lowest BCUT2D eigenvalue weighted by Gasteiger charge is -2.40. The molecule has 3 aromatic carbocycles. The minimum Gasteiger partial charge on any atom is -0.367 e. The van der Waals surface area contributed by atoms with E-state index in [0.717, 1.165) is 58.3 Å². The predicted molar refractivity (Wildman–Crippen MR) is 215 cm³/mol. The third kappa shape index (κ3) is 14.7. The van der Waals surface area contributed by atoms with Crippen LogP contribution in [0.1, 0.15) is 129 Å². The van der Waals surface area contributed by atoms with E-state index in [0.29, 0.717) is 22.5 Å². The van der Waals surface area contributed by atoms with Gasteiger partial charge in [-0.1, -0.05) is 84.7 Å². The molecule has 0 N–H and O–H groups in total. The van der Waals surface area contributed by atoms with Crippen LogP contribution in [0.25, 0.3) is 0 Å². The lowest BCUT2D eigenvalue weighted by atomic mass is 9.77. The molecule has 1 saturated carbocycles. The van der Waals surface area contributed by atoms with Gasteiger partial charge in [0.05, 0.1) is 6.67 Å². The van der Waals surface area contributed by atoms with Crippen LogP contribution < -0.4 is 9.80 Å². The number of aryl methyl sites for hydroxylation is 3. The molecule has 0 aromatic heterocycles. The van der Waals surface area contributed by atoms with Gasteiger partial charge in [-0.25, -0.2) is 17.6 Å². The second-order valence-corrected chi connectivity index (χ2v) is 13.4. The summed E-state index contributed by atoms with van der Waals surface area (Å²) in [5, 5.41) is 0. The lowest BCUT2D eigenvalue weighted by Crippen LogP contribution is -2.39. The van der Waals surface area contributed by atoms with Crippen LogP contribution in [0.3, 0.4) is 0 Å². The number of hydrogen-bond donors (Lipinski definition) is 0. The molecular formula is C45H69F5N2. The summed E-state index contributed by atoms with van der Waals surface area (Å²) in [6.45, 7) is 19.7. The van der Waals surface area contributed by atoms with E-state index in [1.165, 1.54) is 75.3 Å². The monoisotopic (exact) mass is 733 g/mol. The predicted octanol–water partition coefficient (Wildman–Crippen LogP) is 14.0. The Balaban J connectivity index is 0.000000433. The Morgan fingerprint density at radius 2 is 1.00 bits per heavy atom. The summed E-state index contributed by atoms with van der Waals surface area (Å²) in [5.74, 6) is -1.04. The normalized spacial score (nSPS) is 16.0. The number of piperidine rings is 2. The highest BCUT2D eigenvalue weighted by molar-refractivity contribution is 5.52. The van der Waals surface area contributed by atoms with Gasteiger partial charge in [-0.2, -0.15) is 0 Å². The van der Waals surface area contributed by atoms with Crippen molar-refractivity contribution in [1.82, 2.24) is 0 Å². The van der Waals surface area contributed by atoms with Gasteiger partial charge in [0.2, 0.25) is 0 Å². The van der Waals surface area contributed by atoms with Crippen molar-refractivity contribution < 1.29 is 22.0 Å². The maximum Gasteiger partial charge on any atom is 0.149 e. The molecule has 3 aliphatic rings. The minimum atomic E-state index is -0.435. The lowest BCUT2D eigenvalue weighted by molar-refractivity contribution is 0.225. The van der Waals surface area contributed by atoms with Crippen molar-refractivity contribution in [2.45, 2.75) is 133 Å². The molecule has 2 aliphatic heterocycles. The van der Waals surface area contributed by atoms with Crippen LogP contribution in [0.5, 0.6) is 0 Å². The third-order valence-corrected chi connectivity index (χ3v) is 9.98. The highest BCUT2D eigenvalue weighted by atomic mass is 19.1. The van der Waals surface area contributed by atoms with Crippen molar-refractivity contribution in [3.8, 4) is 0 Å². The summed E-state index contributed by atoms with van der Waals surface area (Å²) in [5.41, 5.74) is 3.47. The van der Waals surface area contributed by atoms with Crippen LogP contribution in [0, 0.1) is 48.4 Å². The standard InChI is InChI=1S/C21H25F2N.C16H21F2N.C2H5F.3C2H6/c1-16-14-19(22)21(20(23)15-16)24-12-10-18(11-13-24)9-5-8-17-6-3-2-4-7-17;1-12-10-13(17)15(14(18)11-12)19-8-6-16(7-9-19)4-2-3-5-16;1-2-3;3*1-2/h2-4,6-7,14-15,18H,5,8-13H2,1H3;10-11H,2-9H2,1H3;2H2,1H3;3*1-2H3. The molecule has 0 unspecified atom stereocenters. The average Bonchev–Trinajstić information content (AvgIpc) is 3.60. The van der Waals surface area contributed by atoms with E-state index < -0.39 is 23.3 Å². The molecule has 1 spiro atoms. The molecule has 52 heavy (non-hydrogen) atoms. The highest BCUT2D eigenvalue weighted by Crippen LogP contribution is 2.47. The topological polar surface area (TPSA) is 6.48 Å². The SMILES string of the molecule is CC.CC.CC.CCF.Cc1cc(F)c(N2CCC(CCCc3ccccc3)CC2)c(F)c1.Cc1cc(F)c(N2CCC3(CCCC3)CC2)c(F)c1. The Bertz CT molecular complexity index is 1310. The molecular weight excluding hydrogens is 663 g/mol. The first-order valence-corrected chi connectivity index (χ1v) is 20.2. The van der Waals surface area contributed by atoms with E-state index in [2.05, 4.69) is 24.3 Å². The Kier molecular flexibility index (Phi) is 23.3. The van der Waals surface area contributed by atoms with Crippen molar-refractivity contribution in [1.29, 1.82) is 0 Å². The zero-order valence-corrected chi connectivity index (χ0v) is 33.9. The van der Waals surface area contributed by atoms with Gasteiger partial charge in [0.15, 0.2) is 0 Å². The van der Waals surface area contributed by atoms with E-state index >= 15 is 0 Å². The fourth-order valence-electron chi connectivity index (χ4n) is 7.50. The molecule has 3 aromatic rings. The summed E-state index contributed by atoms with van der Waals surface area (Å²) < 4.78 is 66.5. The molecule has 0 radical (unpaired) electrons. The minimum absolute atomic E-state index is 0.156. The number of rotatable bonds is 6. The quantitative estimate of drug-likeness (QED) is 0.233. The van der Waals surface area contributed by atoms with Gasteiger partial charge in [0.1, 0.15) is 34.6 Å². The second kappa shape index (κ2) is 25.8. The molecule has 7 heteroatoms. The molecule has 1 aliphatic carbocycles. The van der Waals surface area contributed by atoms with Gasteiger partial charge < -0.3 is 9.80 Å². The van der Waals surface area contributed by atoms with Crippen molar-refractivity contribution in [2.75, 3.05) is 42.7 Å². The van der Waals surface area contributed by atoms with Crippen LogP contribution in [0.4, 0.5) is 33.3 Å². The number of hydrogen-bond acceptors (Lipinski definition) is 2. The van der Waals surface area contributed by atoms with Crippen molar-refractivity contribution in [3.63, 3.8) is 0 Å². The fraction of sp³-hybridized carbons (Fsp3) is 0.600. The smallest absolute Gasteiger partial charge is 0.149 e. The van der Waals surface area contributed by atoms with Gasteiger partial charge in [0, 0.05) is 26.2 Å². The molecule has 6 rings (SSSR count). The van der Waals surface area contributed by atoms with E-state index in [-0.39, 0.29) is 18.0 Å². The molecule has 294 valence electrons. The summed E-state index contributed by atoms with van der Waals surface area (Å²) in [4.78, 5) is 3.77. The fourth-order valence-corrected chi connectivity index (χ4v) is 7.50. The van der Waals surface area contributed by atoms with E-state index in [1.54, 1.807) is 13.8 Å². The summed E-state index contributed by atoms with van der Waals surface area (Å²) >= 11 is 0. The van der Waals surface area contributed by atoms with Crippen molar-refractivity contribution >= 4 is 11.4 Å². The largest absolute Gasteiger partial charge is 0.367 e. The Labute approximate surface area is 314 Å². The van der Waals surface area contributed by atoms with Crippen molar-refractivity contribution in [2.24, 2.45) is 11.3 Å². The van der Waals surface area contributed by atoms with Gasteiger partial charge >= 0.3 is 0 Å². The summed E-state index contributed by atoms with van der Waals surface area (Å²) in [7, 11) is 0. The van der Waals surface area contributed by atoms with Crippen LogP contribution in [-0.2, 0) is 6.42 Å². The van der Waals surface area contributed by atoms with Gasteiger partial charge in [-0.15, -0.1) is 0 Å². The van der Waals surface area contributed by atoms with Crippen LogP contribution >= 0.6 is 0 Å². The average molecular weight is 733 g/mol. The first-order valence-electron chi connectivity index (χ1n) is 20.2. The molecule has 0 amide bonds. The number of halogens is 5. The molecule has 0 atom stereocenters. The molecule has 3 fully saturated rings. The van der Waals surface area contributed by atoms with Gasteiger partial charge in [-0.3, -0.25) is 4.39 Å². The molecule has 2 saturated heterocycles. The maximum atomic E-state index is 14.1. The van der Waals surface area contributed by atoms with E-state index in [4.69, 9.17) is 0 Å². The highest BCUT2D eigenvalue weighted by Gasteiger charge is 2.37. The van der Waals surface area contributed by atoms with Crippen LogP contribution in [0.2, 0.25) is 0 Å². The van der Waals surface area contributed by atoms with Crippen LogP contribution in [-0.4, -0.2) is 32.9 Å². The maximum absolute atomic E-state index is 14.1. The van der Waals surface area contributed by atoms with E-state index in [1.807, 2.05) is 57.4 Å². The summed E-state index contributed by atoms with van der Waals surface area (Å²) in [6.07, 6.45) is 13.0. The second-order valence-electron chi connectivity index (χ2n) is 13.4. The Morgan fingerprint density at radius 1 is 0.615 bits per heavy atom. The number of benzene rings is 3. The number of nitrogens with zero attached hydrogens (tertiary/aromatic N) is 2. The first kappa shape index (κ1) is 46.9. The zero-order valence-electron chi connectivity index (χ0n) is 33.9. The Morgan fingerprint density at radius 3 is 1.40 bits per heavy atom. The molecule has 0 bridgehead atoms. The third-order valence-electron chi connectivity index (χ3n) is 9.98. The summed E-state index contributed by atoms with van der Waals surface area (Å²) in [6, 6.07) is 16.3. The molecule has 2 nitrogen and oxygen atoms in total. The van der Waals surface area contributed by atoms with Gasteiger partial charge in [-0.05, 0) is 131 Å².